The Morgan fingerprint density at radius 3 is 2.33 bits per heavy atom. The summed E-state index contributed by atoms with van der Waals surface area (Å²) in [5.74, 6) is 1.60. The number of hydrogen-bond acceptors (Lipinski definition) is 4. The maximum atomic E-state index is 10.1. The van der Waals surface area contributed by atoms with Crippen molar-refractivity contribution in [3.8, 4) is 5.75 Å². The van der Waals surface area contributed by atoms with E-state index in [9.17, 15) is 5.11 Å². The number of nitrogens with one attached hydrogen (secondary N) is 1. The van der Waals surface area contributed by atoms with E-state index < -0.39 is 6.10 Å². The van der Waals surface area contributed by atoms with Crippen molar-refractivity contribution in [3.05, 3.63) is 89.9 Å². The highest BCUT2D eigenvalue weighted by atomic mass is 16.5. The topological polar surface area (TPSA) is 54.6 Å². The normalized spacial score (nSPS) is 12.7. The first-order valence-electron chi connectivity index (χ1n) is 9.26. The lowest BCUT2D eigenvalue weighted by atomic mass is 9.78. The van der Waals surface area contributed by atoms with Crippen LogP contribution in [-0.2, 0) is 12.0 Å². The van der Waals surface area contributed by atoms with Gasteiger partial charge in [0.2, 0.25) is 0 Å². The summed E-state index contributed by atoms with van der Waals surface area (Å²) < 4.78 is 11.0. The van der Waals surface area contributed by atoms with Gasteiger partial charge in [0.1, 0.15) is 24.2 Å². The lowest BCUT2D eigenvalue weighted by molar-refractivity contribution is 0.105. The molecule has 2 N–H and O–H groups in total. The second-order valence-electron chi connectivity index (χ2n) is 7.19. The zero-order chi connectivity index (χ0) is 19.1. The monoisotopic (exact) mass is 365 g/mol. The number of hydrogen-bond donors (Lipinski definition) is 2. The Balaban J connectivity index is 1.49. The molecule has 0 amide bonds. The van der Waals surface area contributed by atoms with Gasteiger partial charge < -0.3 is 19.6 Å². The summed E-state index contributed by atoms with van der Waals surface area (Å²) in [6, 6.07) is 22.3. The van der Waals surface area contributed by atoms with E-state index in [1.807, 2.05) is 30.3 Å². The lowest BCUT2D eigenvalue weighted by Crippen LogP contribution is -2.31. The molecule has 0 spiro atoms. The van der Waals surface area contributed by atoms with Crippen LogP contribution in [0, 0.1) is 0 Å². The lowest BCUT2D eigenvalue weighted by Gasteiger charge is -2.26. The number of furan rings is 1. The molecule has 4 nitrogen and oxygen atoms in total. The van der Waals surface area contributed by atoms with Crippen molar-refractivity contribution >= 4 is 0 Å². The van der Waals surface area contributed by atoms with Crippen molar-refractivity contribution in [1.82, 2.24) is 5.32 Å². The fourth-order valence-electron chi connectivity index (χ4n) is 3.02. The van der Waals surface area contributed by atoms with Crippen LogP contribution in [0.2, 0.25) is 0 Å². The summed E-state index contributed by atoms with van der Waals surface area (Å²) >= 11 is 0. The minimum Gasteiger partial charge on any atom is -0.491 e. The molecule has 4 heteroatoms. The predicted molar refractivity (Wildman–Crippen MR) is 107 cm³/mol. The molecule has 0 saturated heterocycles. The number of ether oxygens (including phenoxy) is 1. The Bertz CT molecular complexity index is 795. The van der Waals surface area contributed by atoms with Crippen molar-refractivity contribution < 1.29 is 14.3 Å². The van der Waals surface area contributed by atoms with Crippen LogP contribution in [0.3, 0.4) is 0 Å². The van der Waals surface area contributed by atoms with Crippen LogP contribution >= 0.6 is 0 Å². The molecule has 0 bridgehead atoms. The van der Waals surface area contributed by atoms with Crippen LogP contribution in [0.5, 0.6) is 5.75 Å². The zero-order valence-corrected chi connectivity index (χ0v) is 15.9. The Morgan fingerprint density at radius 2 is 1.67 bits per heavy atom. The molecule has 0 aliphatic rings. The van der Waals surface area contributed by atoms with E-state index in [0.717, 1.165) is 11.5 Å². The zero-order valence-electron chi connectivity index (χ0n) is 15.9. The summed E-state index contributed by atoms with van der Waals surface area (Å²) in [5.41, 5.74) is 2.42. The molecule has 0 aliphatic heterocycles. The van der Waals surface area contributed by atoms with Gasteiger partial charge in [-0.05, 0) is 35.4 Å². The summed E-state index contributed by atoms with van der Waals surface area (Å²) in [7, 11) is 0. The molecular weight excluding hydrogens is 338 g/mol. The van der Waals surface area contributed by atoms with Crippen molar-refractivity contribution in [2.24, 2.45) is 0 Å². The molecular formula is C23H27NO3. The molecule has 0 unspecified atom stereocenters. The van der Waals surface area contributed by atoms with Crippen molar-refractivity contribution in [2.45, 2.75) is 31.9 Å². The van der Waals surface area contributed by atoms with Crippen LogP contribution in [0.4, 0.5) is 0 Å². The Labute approximate surface area is 160 Å². The van der Waals surface area contributed by atoms with Crippen LogP contribution < -0.4 is 10.1 Å². The maximum Gasteiger partial charge on any atom is 0.119 e. The first-order chi connectivity index (χ1) is 13.1. The minimum absolute atomic E-state index is 0.0743. The molecule has 3 rings (SSSR count). The largest absolute Gasteiger partial charge is 0.491 e. The molecule has 142 valence electrons. The minimum atomic E-state index is -0.583. The van der Waals surface area contributed by atoms with Crippen molar-refractivity contribution in [1.29, 1.82) is 0 Å². The average Bonchev–Trinajstić information content (AvgIpc) is 3.21. The molecule has 27 heavy (non-hydrogen) atoms. The molecule has 0 radical (unpaired) electrons. The van der Waals surface area contributed by atoms with E-state index in [0.29, 0.717) is 13.1 Å². The molecule has 0 fully saturated rings. The highest BCUT2D eigenvalue weighted by molar-refractivity contribution is 5.39. The van der Waals surface area contributed by atoms with Crippen LogP contribution in [-0.4, -0.2) is 24.4 Å². The quantitative estimate of drug-likeness (QED) is 0.598. The molecule has 2 aromatic carbocycles. The third kappa shape index (κ3) is 5.22. The summed E-state index contributed by atoms with van der Waals surface area (Å²) in [6.45, 7) is 5.71. The first-order valence-corrected chi connectivity index (χ1v) is 9.26. The van der Waals surface area contributed by atoms with Gasteiger partial charge in [0.05, 0.1) is 12.8 Å². The van der Waals surface area contributed by atoms with Gasteiger partial charge in [0.25, 0.3) is 0 Å². The predicted octanol–water partition coefficient (Wildman–Crippen LogP) is 4.14. The molecule has 3 aromatic rings. The number of aliphatic hydroxyl groups is 1. The standard InChI is InChI=1S/C23H27NO3/c1-23(2,18-7-4-3-5-8-18)19-10-12-21(13-11-19)27-17-20(25)15-24-16-22-9-6-14-26-22/h3-14,20,24-25H,15-17H2,1-2H3/t20-/m0/s1. The summed E-state index contributed by atoms with van der Waals surface area (Å²) in [5, 5.41) is 13.2. The van der Waals surface area contributed by atoms with Crippen molar-refractivity contribution in [2.75, 3.05) is 13.2 Å². The number of rotatable bonds is 9. The SMILES string of the molecule is CC(C)(c1ccccc1)c1ccc(OC[C@@H](O)CNCc2ccco2)cc1. The van der Waals surface area contributed by atoms with Gasteiger partial charge in [-0.2, -0.15) is 0 Å². The van der Waals surface area contributed by atoms with Gasteiger partial charge >= 0.3 is 0 Å². The van der Waals surface area contributed by atoms with Crippen molar-refractivity contribution in [3.63, 3.8) is 0 Å². The van der Waals surface area contributed by atoms with Crippen LogP contribution in [0.15, 0.2) is 77.4 Å². The highest BCUT2D eigenvalue weighted by Gasteiger charge is 2.22. The number of benzene rings is 2. The van der Waals surface area contributed by atoms with E-state index in [1.54, 1.807) is 6.26 Å². The second-order valence-corrected chi connectivity index (χ2v) is 7.19. The van der Waals surface area contributed by atoms with Crippen LogP contribution in [0.25, 0.3) is 0 Å². The van der Waals surface area contributed by atoms with Gasteiger partial charge in [-0.3, -0.25) is 0 Å². The van der Waals surface area contributed by atoms with E-state index in [1.165, 1.54) is 11.1 Å². The van der Waals surface area contributed by atoms with Gasteiger partial charge in [0, 0.05) is 12.0 Å². The van der Waals surface area contributed by atoms with E-state index in [4.69, 9.17) is 9.15 Å². The van der Waals surface area contributed by atoms with Gasteiger partial charge in [-0.1, -0.05) is 56.3 Å². The smallest absolute Gasteiger partial charge is 0.119 e. The highest BCUT2D eigenvalue weighted by Crippen LogP contribution is 2.32. The molecule has 0 saturated carbocycles. The Hall–Kier alpha value is -2.56. The van der Waals surface area contributed by atoms with Crippen LogP contribution in [0.1, 0.15) is 30.7 Å². The number of aliphatic hydroxyl groups excluding tert-OH is 1. The van der Waals surface area contributed by atoms with E-state index >= 15 is 0 Å². The third-order valence-corrected chi connectivity index (χ3v) is 4.77. The van der Waals surface area contributed by atoms with Gasteiger partial charge in [-0.15, -0.1) is 0 Å². The second kappa shape index (κ2) is 8.89. The first kappa shape index (κ1) is 19.2. The Morgan fingerprint density at radius 1 is 0.963 bits per heavy atom. The van der Waals surface area contributed by atoms with E-state index in [-0.39, 0.29) is 12.0 Å². The van der Waals surface area contributed by atoms with E-state index in [2.05, 4.69) is 55.6 Å². The third-order valence-electron chi connectivity index (χ3n) is 4.77. The van der Waals surface area contributed by atoms with Gasteiger partial charge in [-0.25, -0.2) is 0 Å². The molecule has 0 aliphatic carbocycles. The fraction of sp³-hybridized carbons (Fsp3) is 0.304. The average molecular weight is 365 g/mol. The van der Waals surface area contributed by atoms with Gasteiger partial charge in [0.15, 0.2) is 0 Å². The summed E-state index contributed by atoms with van der Waals surface area (Å²) in [6.07, 6.45) is 1.06. The maximum absolute atomic E-state index is 10.1. The molecule has 1 heterocycles. The Kier molecular flexibility index (Phi) is 6.32. The summed E-state index contributed by atoms with van der Waals surface area (Å²) in [4.78, 5) is 0. The molecule has 1 aromatic heterocycles. The fourth-order valence-corrected chi connectivity index (χ4v) is 3.02. The molecule has 1 atom stereocenters.